The summed E-state index contributed by atoms with van der Waals surface area (Å²) in [5.41, 5.74) is 1.34. The summed E-state index contributed by atoms with van der Waals surface area (Å²) in [4.78, 5) is 9.56. The molecule has 1 heterocycles. The van der Waals surface area contributed by atoms with Crippen molar-refractivity contribution in [3.05, 3.63) is 47.1 Å². The number of rotatable bonds is 7. The number of aromatic nitrogens is 1. The number of hydrogen-bond donors (Lipinski definition) is 0. The number of allylic oxidation sites excluding steroid dienone is 1. The van der Waals surface area contributed by atoms with E-state index >= 15 is 0 Å². The lowest BCUT2D eigenvalue weighted by Crippen LogP contribution is -1.98. The predicted molar refractivity (Wildman–Crippen MR) is 88.4 cm³/mol. The fourth-order valence-electron chi connectivity index (χ4n) is 1.76. The van der Waals surface area contributed by atoms with E-state index < -0.39 is 29.1 Å². The van der Waals surface area contributed by atoms with Gasteiger partial charge in [-0.15, -0.1) is 11.3 Å². The highest BCUT2D eigenvalue weighted by atomic mass is 32.2. The minimum Gasteiger partial charge on any atom is -0.399 e. The van der Waals surface area contributed by atoms with Crippen LogP contribution in [0.25, 0.3) is 11.3 Å². The highest BCUT2D eigenvalue weighted by Gasteiger charge is 2.17. The summed E-state index contributed by atoms with van der Waals surface area (Å²) in [7, 11) is -0.304. The zero-order valence-electron chi connectivity index (χ0n) is 12.5. The Labute approximate surface area is 143 Å². The second kappa shape index (κ2) is 8.74. The SMILES string of the molecule is CON=Cc1sc(S(=O)CCC(F)=C(F)F)nc1-c1ccccc1. The molecule has 0 amide bonds. The predicted octanol–water partition coefficient (Wildman–Crippen LogP) is 4.37. The van der Waals surface area contributed by atoms with Crippen molar-refractivity contribution in [1.29, 1.82) is 0 Å². The van der Waals surface area contributed by atoms with Gasteiger partial charge in [0.1, 0.15) is 7.11 Å². The summed E-state index contributed by atoms with van der Waals surface area (Å²) in [5, 5.41) is 3.68. The number of hydrogen-bond acceptors (Lipinski definition) is 5. The monoisotopic (exact) mass is 374 g/mol. The van der Waals surface area contributed by atoms with Crippen molar-refractivity contribution in [2.24, 2.45) is 5.16 Å². The van der Waals surface area contributed by atoms with Gasteiger partial charge in [-0.25, -0.2) is 9.37 Å². The van der Waals surface area contributed by atoms with Crippen LogP contribution in [0, 0.1) is 0 Å². The Morgan fingerprint density at radius 1 is 1.33 bits per heavy atom. The molecular formula is C15H13F3N2O2S2. The molecule has 0 spiro atoms. The van der Waals surface area contributed by atoms with Crippen molar-refractivity contribution in [1.82, 2.24) is 4.98 Å². The lowest BCUT2D eigenvalue weighted by atomic mass is 10.1. The molecule has 0 saturated heterocycles. The van der Waals surface area contributed by atoms with Crippen LogP contribution < -0.4 is 0 Å². The molecule has 24 heavy (non-hydrogen) atoms. The Bertz CT molecular complexity index is 772. The normalized spacial score (nSPS) is 12.3. The molecule has 4 nitrogen and oxygen atoms in total. The second-order valence-corrected chi connectivity index (χ2v) is 7.22. The van der Waals surface area contributed by atoms with E-state index in [0.29, 0.717) is 10.6 Å². The lowest BCUT2D eigenvalue weighted by molar-refractivity contribution is 0.215. The van der Waals surface area contributed by atoms with Crippen molar-refractivity contribution < 1.29 is 22.2 Å². The van der Waals surface area contributed by atoms with Crippen LogP contribution in [-0.4, -0.2) is 28.3 Å². The van der Waals surface area contributed by atoms with Crippen molar-refractivity contribution in [3.8, 4) is 11.3 Å². The van der Waals surface area contributed by atoms with E-state index in [0.717, 1.165) is 16.9 Å². The second-order valence-electron chi connectivity index (χ2n) is 4.44. The molecular weight excluding hydrogens is 361 g/mol. The fraction of sp³-hybridized carbons (Fsp3) is 0.200. The van der Waals surface area contributed by atoms with Crippen LogP contribution >= 0.6 is 11.3 Å². The third-order valence-corrected chi connectivity index (χ3v) is 5.51. The van der Waals surface area contributed by atoms with E-state index in [4.69, 9.17) is 0 Å². The molecule has 0 bridgehead atoms. The van der Waals surface area contributed by atoms with Gasteiger partial charge in [-0.3, -0.25) is 4.21 Å². The molecule has 0 N–H and O–H groups in total. The lowest BCUT2D eigenvalue weighted by Gasteiger charge is -1.98. The first kappa shape index (κ1) is 18.3. The molecule has 1 aromatic heterocycles. The van der Waals surface area contributed by atoms with Crippen molar-refractivity contribution in [2.75, 3.05) is 12.9 Å². The third-order valence-electron chi connectivity index (χ3n) is 2.86. The van der Waals surface area contributed by atoms with Gasteiger partial charge in [0.05, 0.1) is 27.6 Å². The van der Waals surface area contributed by atoms with Crippen LogP contribution in [0.2, 0.25) is 0 Å². The highest BCUT2D eigenvalue weighted by Crippen LogP contribution is 2.29. The Balaban J connectivity index is 2.28. The van der Waals surface area contributed by atoms with Crippen LogP contribution in [-0.2, 0) is 15.6 Å². The average molecular weight is 374 g/mol. The number of nitrogens with zero attached hydrogens (tertiary/aromatic N) is 2. The molecule has 1 aromatic carbocycles. The molecule has 0 fully saturated rings. The van der Waals surface area contributed by atoms with Crippen molar-refractivity contribution >= 4 is 28.4 Å². The molecule has 1 atom stereocenters. The molecule has 1 unspecified atom stereocenters. The van der Waals surface area contributed by atoms with Crippen LogP contribution in [0.4, 0.5) is 13.2 Å². The molecule has 9 heteroatoms. The Morgan fingerprint density at radius 2 is 2.04 bits per heavy atom. The van der Waals surface area contributed by atoms with Gasteiger partial charge in [0.25, 0.3) is 0 Å². The van der Waals surface area contributed by atoms with Gasteiger partial charge in [0.15, 0.2) is 10.2 Å². The maximum absolute atomic E-state index is 12.9. The van der Waals surface area contributed by atoms with Gasteiger partial charge in [0, 0.05) is 17.7 Å². The first-order valence-corrected chi connectivity index (χ1v) is 8.87. The largest absolute Gasteiger partial charge is 0.399 e. The number of oxime groups is 1. The summed E-state index contributed by atoms with van der Waals surface area (Å²) in [6.07, 6.45) is -1.55. The van der Waals surface area contributed by atoms with Gasteiger partial charge in [-0.05, 0) is 0 Å². The zero-order valence-corrected chi connectivity index (χ0v) is 14.2. The summed E-state index contributed by atoms with van der Waals surface area (Å²) >= 11 is 1.10. The number of halogens is 3. The number of benzene rings is 1. The minimum absolute atomic E-state index is 0.221. The van der Waals surface area contributed by atoms with Crippen LogP contribution in [0.5, 0.6) is 0 Å². The van der Waals surface area contributed by atoms with Crippen LogP contribution in [0.15, 0.2) is 51.7 Å². The summed E-state index contributed by atoms with van der Waals surface area (Å²) < 4.78 is 49.4. The molecule has 0 saturated carbocycles. The van der Waals surface area contributed by atoms with E-state index in [9.17, 15) is 17.4 Å². The first-order chi connectivity index (χ1) is 11.5. The zero-order chi connectivity index (χ0) is 17.5. The summed E-state index contributed by atoms with van der Waals surface area (Å²) in [6, 6.07) is 9.15. The summed E-state index contributed by atoms with van der Waals surface area (Å²) in [5.74, 6) is -1.82. The number of thiazole rings is 1. The van der Waals surface area contributed by atoms with E-state index in [1.54, 1.807) is 0 Å². The standard InChI is InChI=1S/C15H13F3N2O2S2/c1-22-19-9-12-13(10-5-3-2-4-6-10)20-15(23-12)24(21)8-7-11(16)14(17)18/h2-6,9H,7-8H2,1H3. The van der Waals surface area contributed by atoms with Gasteiger partial charge in [0.2, 0.25) is 0 Å². The van der Waals surface area contributed by atoms with E-state index in [1.165, 1.54) is 13.3 Å². The molecule has 2 rings (SSSR count). The first-order valence-electron chi connectivity index (χ1n) is 6.73. The topological polar surface area (TPSA) is 51.5 Å². The van der Waals surface area contributed by atoms with Gasteiger partial charge >= 0.3 is 6.08 Å². The van der Waals surface area contributed by atoms with Gasteiger partial charge < -0.3 is 4.84 Å². The van der Waals surface area contributed by atoms with Gasteiger partial charge in [-0.1, -0.05) is 35.5 Å². The molecule has 0 aliphatic carbocycles. The molecule has 0 aliphatic heterocycles. The third kappa shape index (κ3) is 4.75. The highest BCUT2D eigenvalue weighted by molar-refractivity contribution is 7.87. The minimum atomic E-state index is -2.39. The van der Waals surface area contributed by atoms with E-state index in [2.05, 4.69) is 15.0 Å². The van der Waals surface area contributed by atoms with Crippen LogP contribution in [0.1, 0.15) is 11.3 Å². The quantitative estimate of drug-likeness (QED) is 0.534. The van der Waals surface area contributed by atoms with Crippen molar-refractivity contribution in [2.45, 2.75) is 10.8 Å². The van der Waals surface area contributed by atoms with Crippen LogP contribution in [0.3, 0.4) is 0 Å². The Kier molecular flexibility index (Phi) is 6.68. The van der Waals surface area contributed by atoms with E-state index in [1.807, 2.05) is 30.3 Å². The van der Waals surface area contributed by atoms with Gasteiger partial charge in [-0.2, -0.15) is 8.78 Å². The smallest absolute Gasteiger partial charge is 0.301 e. The molecule has 0 radical (unpaired) electrons. The Morgan fingerprint density at radius 3 is 2.67 bits per heavy atom. The average Bonchev–Trinajstić information content (AvgIpc) is 3.02. The van der Waals surface area contributed by atoms with Crippen molar-refractivity contribution in [3.63, 3.8) is 0 Å². The fourth-order valence-corrected chi connectivity index (χ4v) is 4.07. The Hall–Kier alpha value is -2.00. The summed E-state index contributed by atoms with van der Waals surface area (Å²) in [6.45, 7) is 0. The molecule has 0 aliphatic rings. The molecule has 2 aromatic rings. The molecule has 128 valence electrons. The van der Waals surface area contributed by atoms with E-state index in [-0.39, 0.29) is 10.1 Å². The maximum atomic E-state index is 12.9. The maximum Gasteiger partial charge on any atom is 0.301 e.